The molecule has 1 rings (SSSR count). The predicted octanol–water partition coefficient (Wildman–Crippen LogP) is 1.86. The van der Waals surface area contributed by atoms with Crippen molar-refractivity contribution in [1.82, 2.24) is 9.88 Å². The first kappa shape index (κ1) is 14.1. The molecule has 0 spiro atoms. The Balaban J connectivity index is 2.76. The predicted molar refractivity (Wildman–Crippen MR) is 70.6 cm³/mol. The number of carbonyl (C=O) groups is 1. The number of nitrogens with two attached hydrogens (primary N) is 1. The molecule has 0 saturated carbocycles. The van der Waals surface area contributed by atoms with Crippen molar-refractivity contribution in [2.45, 2.75) is 46.3 Å². The van der Waals surface area contributed by atoms with Gasteiger partial charge in [0.15, 0.2) is 0 Å². The second-order valence-electron chi connectivity index (χ2n) is 4.80. The van der Waals surface area contributed by atoms with Gasteiger partial charge in [-0.1, -0.05) is 13.8 Å². The molecule has 0 saturated heterocycles. The smallest absolute Gasteiger partial charge is 0.240 e. The summed E-state index contributed by atoms with van der Waals surface area (Å²) in [5, 5.41) is 0. The molecule has 17 heavy (non-hydrogen) atoms. The summed E-state index contributed by atoms with van der Waals surface area (Å²) in [6, 6.07) is -0.278. The number of amides is 1. The van der Waals surface area contributed by atoms with Gasteiger partial charge in [0.05, 0.1) is 18.1 Å². The van der Waals surface area contributed by atoms with E-state index in [1.165, 1.54) is 0 Å². The molecule has 4 nitrogen and oxygen atoms in total. The van der Waals surface area contributed by atoms with Crippen molar-refractivity contribution in [2.24, 2.45) is 11.7 Å². The van der Waals surface area contributed by atoms with Gasteiger partial charge < -0.3 is 10.6 Å². The summed E-state index contributed by atoms with van der Waals surface area (Å²) in [5.41, 5.74) is 7.70. The molecule has 5 heteroatoms. The summed E-state index contributed by atoms with van der Waals surface area (Å²) >= 11 is 1.56. The molecule has 96 valence electrons. The summed E-state index contributed by atoms with van der Waals surface area (Å²) in [5.74, 6) is 0.175. The van der Waals surface area contributed by atoms with Crippen LogP contribution in [0, 0.1) is 5.92 Å². The van der Waals surface area contributed by atoms with E-state index in [2.05, 4.69) is 4.98 Å². The van der Waals surface area contributed by atoms with E-state index in [-0.39, 0.29) is 17.9 Å². The molecule has 0 aliphatic heterocycles. The second-order valence-corrected chi connectivity index (χ2v) is 5.77. The van der Waals surface area contributed by atoms with E-state index in [1.54, 1.807) is 23.0 Å². The third-order valence-electron chi connectivity index (χ3n) is 2.72. The minimum absolute atomic E-state index is 0.0170. The van der Waals surface area contributed by atoms with Crippen molar-refractivity contribution >= 4 is 17.2 Å². The van der Waals surface area contributed by atoms with Crippen molar-refractivity contribution in [3.8, 4) is 0 Å². The number of thiazole rings is 1. The van der Waals surface area contributed by atoms with Gasteiger partial charge in [-0.25, -0.2) is 0 Å². The highest BCUT2D eigenvalue weighted by molar-refractivity contribution is 7.09. The first-order valence-electron chi connectivity index (χ1n) is 5.87. The maximum Gasteiger partial charge on any atom is 0.240 e. The van der Waals surface area contributed by atoms with Crippen LogP contribution in [0.2, 0.25) is 0 Å². The standard InChI is InChI=1S/C12H21N3OS/c1-8(2)11(13)12(16)15(9(3)4)6-10-5-14-7-17-10/h5,7-9,11H,6,13H2,1-4H3. The average molecular weight is 255 g/mol. The SMILES string of the molecule is CC(C)C(N)C(=O)N(Cc1cncs1)C(C)C. The van der Waals surface area contributed by atoms with Gasteiger partial charge in [-0.15, -0.1) is 11.3 Å². The van der Waals surface area contributed by atoms with Crippen molar-refractivity contribution < 1.29 is 4.79 Å². The summed E-state index contributed by atoms with van der Waals surface area (Å²) < 4.78 is 0. The van der Waals surface area contributed by atoms with E-state index >= 15 is 0 Å². The molecule has 1 atom stereocenters. The fraction of sp³-hybridized carbons (Fsp3) is 0.667. The lowest BCUT2D eigenvalue weighted by atomic mass is 10.0. The van der Waals surface area contributed by atoms with E-state index in [0.29, 0.717) is 6.54 Å². The Hall–Kier alpha value is -0.940. The highest BCUT2D eigenvalue weighted by atomic mass is 32.1. The fourth-order valence-corrected chi connectivity index (χ4v) is 2.07. The number of hydrogen-bond acceptors (Lipinski definition) is 4. The van der Waals surface area contributed by atoms with Gasteiger partial charge in [0.1, 0.15) is 0 Å². The minimum atomic E-state index is -0.426. The van der Waals surface area contributed by atoms with Crippen LogP contribution in [0.4, 0.5) is 0 Å². The first-order valence-corrected chi connectivity index (χ1v) is 6.75. The van der Waals surface area contributed by atoms with E-state index < -0.39 is 6.04 Å². The van der Waals surface area contributed by atoms with Crippen molar-refractivity contribution in [1.29, 1.82) is 0 Å². The molecule has 1 amide bonds. The molecule has 2 N–H and O–H groups in total. The monoisotopic (exact) mass is 255 g/mol. The average Bonchev–Trinajstić information content (AvgIpc) is 2.76. The Morgan fingerprint density at radius 2 is 2.12 bits per heavy atom. The zero-order chi connectivity index (χ0) is 13.0. The molecule has 0 aliphatic carbocycles. The van der Waals surface area contributed by atoms with E-state index in [4.69, 9.17) is 5.73 Å². The molecule has 0 aromatic carbocycles. The van der Waals surface area contributed by atoms with Gasteiger partial charge in [0, 0.05) is 17.1 Å². The van der Waals surface area contributed by atoms with Gasteiger partial charge in [-0.2, -0.15) is 0 Å². The quantitative estimate of drug-likeness (QED) is 0.873. The molecule has 1 heterocycles. The van der Waals surface area contributed by atoms with Crippen LogP contribution in [-0.4, -0.2) is 27.9 Å². The Kier molecular flexibility index (Phi) is 5.08. The molecule has 0 fully saturated rings. The van der Waals surface area contributed by atoms with Crippen LogP contribution in [0.15, 0.2) is 11.7 Å². The van der Waals surface area contributed by atoms with Crippen LogP contribution in [0.1, 0.15) is 32.6 Å². The number of aromatic nitrogens is 1. The molecule has 0 bridgehead atoms. The van der Waals surface area contributed by atoms with Crippen LogP contribution in [0.5, 0.6) is 0 Å². The number of carbonyl (C=O) groups excluding carboxylic acids is 1. The Bertz CT molecular complexity index is 349. The van der Waals surface area contributed by atoms with E-state index in [1.807, 2.05) is 32.6 Å². The minimum Gasteiger partial charge on any atom is -0.334 e. The lowest BCUT2D eigenvalue weighted by molar-refractivity contribution is -0.135. The lowest BCUT2D eigenvalue weighted by Crippen LogP contribution is -2.48. The number of nitrogens with zero attached hydrogens (tertiary/aromatic N) is 2. The van der Waals surface area contributed by atoms with Gasteiger partial charge in [0.2, 0.25) is 5.91 Å². The Labute approximate surface area is 107 Å². The van der Waals surface area contributed by atoms with Crippen molar-refractivity contribution in [2.75, 3.05) is 0 Å². The summed E-state index contributed by atoms with van der Waals surface area (Å²) in [6.07, 6.45) is 1.80. The third-order valence-corrected chi connectivity index (χ3v) is 3.48. The van der Waals surface area contributed by atoms with Crippen LogP contribution in [0.3, 0.4) is 0 Å². The van der Waals surface area contributed by atoms with Crippen LogP contribution < -0.4 is 5.73 Å². The van der Waals surface area contributed by atoms with E-state index in [0.717, 1.165) is 4.88 Å². The van der Waals surface area contributed by atoms with Gasteiger partial charge in [0.25, 0.3) is 0 Å². The molecule has 0 radical (unpaired) electrons. The van der Waals surface area contributed by atoms with Gasteiger partial charge in [-0.3, -0.25) is 9.78 Å². The van der Waals surface area contributed by atoms with Crippen molar-refractivity contribution in [3.05, 3.63) is 16.6 Å². The van der Waals surface area contributed by atoms with Crippen molar-refractivity contribution in [3.63, 3.8) is 0 Å². The number of hydrogen-bond donors (Lipinski definition) is 1. The molecular formula is C12H21N3OS. The summed E-state index contributed by atoms with van der Waals surface area (Å²) in [7, 11) is 0. The highest BCUT2D eigenvalue weighted by Gasteiger charge is 2.25. The zero-order valence-corrected chi connectivity index (χ0v) is 11.7. The van der Waals surface area contributed by atoms with Gasteiger partial charge >= 0.3 is 0 Å². The topological polar surface area (TPSA) is 59.2 Å². The Morgan fingerprint density at radius 3 is 2.53 bits per heavy atom. The summed E-state index contributed by atoms with van der Waals surface area (Å²) in [4.78, 5) is 19.2. The highest BCUT2D eigenvalue weighted by Crippen LogP contribution is 2.14. The second kappa shape index (κ2) is 6.12. The largest absolute Gasteiger partial charge is 0.334 e. The molecule has 0 aliphatic rings. The maximum absolute atomic E-state index is 12.2. The zero-order valence-electron chi connectivity index (χ0n) is 10.9. The third kappa shape index (κ3) is 3.78. The first-order chi connectivity index (χ1) is 7.93. The van der Waals surface area contributed by atoms with Crippen LogP contribution in [-0.2, 0) is 11.3 Å². The number of rotatable bonds is 5. The fourth-order valence-electron chi connectivity index (χ4n) is 1.48. The molecule has 1 aromatic heterocycles. The molecule has 1 aromatic rings. The van der Waals surface area contributed by atoms with Gasteiger partial charge in [-0.05, 0) is 19.8 Å². The molecule has 1 unspecified atom stereocenters. The van der Waals surface area contributed by atoms with Crippen LogP contribution in [0.25, 0.3) is 0 Å². The summed E-state index contributed by atoms with van der Waals surface area (Å²) in [6.45, 7) is 8.54. The molecular weight excluding hydrogens is 234 g/mol. The maximum atomic E-state index is 12.2. The lowest BCUT2D eigenvalue weighted by Gasteiger charge is -2.30. The normalized spacial score (nSPS) is 13.1. The Morgan fingerprint density at radius 1 is 1.47 bits per heavy atom. The van der Waals surface area contributed by atoms with E-state index in [9.17, 15) is 4.79 Å². The van der Waals surface area contributed by atoms with Crippen LogP contribution >= 0.6 is 11.3 Å².